The number of rotatable bonds is 7. The monoisotopic (exact) mass is 390 g/mol. The molecule has 27 heavy (non-hydrogen) atoms. The second-order valence-corrected chi connectivity index (χ2v) is 7.88. The lowest BCUT2D eigenvalue weighted by Crippen LogP contribution is -2.37. The van der Waals surface area contributed by atoms with Crippen LogP contribution < -0.4 is 19.5 Å². The maximum atomic E-state index is 12.7. The third kappa shape index (κ3) is 4.16. The number of hydrogen-bond donors (Lipinski definition) is 2. The van der Waals surface area contributed by atoms with Gasteiger partial charge in [0.25, 0.3) is 15.9 Å². The summed E-state index contributed by atoms with van der Waals surface area (Å²) in [6.45, 7) is 2.04. The normalized spacial score (nSPS) is 16.1. The van der Waals surface area contributed by atoms with Crippen molar-refractivity contribution in [3.8, 4) is 11.5 Å². The van der Waals surface area contributed by atoms with Gasteiger partial charge in [-0.3, -0.25) is 9.52 Å². The number of anilines is 2. The van der Waals surface area contributed by atoms with E-state index in [1.54, 1.807) is 30.3 Å². The highest BCUT2D eigenvalue weighted by Crippen LogP contribution is 2.34. The number of ether oxygens (including phenoxy) is 2. The first-order chi connectivity index (χ1) is 12.9. The van der Waals surface area contributed by atoms with E-state index in [4.69, 9.17) is 9.47 Å². The number of fused-ring (bicyclic) bond motifs is 1. The lowest BCUT2D eigenvalue weighted by Gasteiger charge is -2.26. The van der Waals surface area contributed by atoms with Gasteiger partial charge in [-0.05, 0) is 43.2 Å². The van der Waals surface area contributed by atoms with Gasteiger partial charge >= 0.3 is 0 Å². The van der Waals surface area contributed by atoms with E-state index < -0.39 is 16.1 Å². The molecule has 0 radical (unpaired) electrons. The molecule has 0 bridgehead atoms. The highest BCUT2D eigenvalue weighted by atomic mass is 32.2. The maximum absolute atomic E-state index is 12.7. The van der Waals surface area contributed by atoms with E-state index in [9.17, 15) is 13.2 Å². The first-order valence-electron chi connectivity index (χ1n) is 8.72. The molecule has 2 N–H and O–H groups in total. The van der Waals surface area contributed by atoms with Crippen molar-refractivity contribution in [2.75, 3.05) is 17.1 Å². The van der Waals surface area contributed by atoms with Crippen LogP contribution in [0.1, 0.15) is 26.2 Å². The van der Waals surface area contributed by atoms with Crippen LogP contribution in [0.3, 0.4) is 0 Å². The van der Waals surface area contributed by atoms with Gasteiger partial charge in [0.05, 0.1) is 23.4 Å². The molecule has 0 aromatic heterocycles. The zero-order chi connectivity index (χ0) is 19.4. The van der Waals surface area contributed by atoms with E-state index >= 15 is 0 Å². The van der Waals surface area contributed by atoms with Crippen molar-refractivity contribution in [3.63, 3.8) is 0 Å². The topological polar surface area (TPSA) is 93.7 Å². The van der Waals surface area contributed by atoms with Crippen molar-refractivity contribution < 1.29 is 22.7 Å². The molecule has 1 aliphatic heterocycles. The van der Waals surface area contributed by atoms with Crippen LogP contribution in [0.15, 0.2) is 47.4 Å². The minimum Gasteiger partial charge on any atom is -0.495 e. The summed E-state index contributed by atoms with van der Waals surface area (Å²) >= 11 is 0. The number of nitrogens with one attached hydrogen (secondary N) is 2. The molecule has 0 fully saturated rings. The van der Waals surface area contributed by atoms with Crippen molar-refractivity contribution in [1.29, 1.82) is 0 Å². The van der Waals surface area contributed by atoms with E-state index in [1.165, 1.54) is 19.2 Å². The largest absolute Gasteiger partial charge is 0.495 e. The average Bonchev–Trinajstić information content (AvgIpc) is 2.66. The molecule has 0 unspecified atom stereocenters. The zero-order valence-electron chi connectivity index (χ0n) is 15.2. The van der Waals surface area contributed by atoms with E-state index in [0.717, 1.165) is 12.8 Å². The molecule has 8 heteroatoms. The summed E-state index contributed by atoms with van der Waals surface area (Å²) in [7, 11) is -2.40. The first-order valence-corrected chi connectivity index (χ1v) is 10.2. The summed E-state index contributed by atoms with van der Waals surface area (Å²) in [4.78, 5) is 12.2. The van der Waals surface area contributed by atoms with Crippen molar-refractivity contribution >= 4 is 27.3 Å². The number of hydrogen-bond acceptors (Lipinski definition) is 5. The van der Waals surface area contributed by atoms with Gasteiger partial charge in [-0.1, -0.05) is 25.5 Å². The lowest BCUT2D eigenvalue weighted by molar-refractivity contribution is -0.123. The minimum absolute atomic E-state index is 0.0167. The van der Waals surface area contributed by atoms with Crippen LogP contribution in [0.4, 0.5) is 11.4 Å². The summed E-state index contributed by atoms with van der Waals surface area (Å²) in [5, 5.41) is 2.74. The Morgan fingerprint density at radius 1 is 1.22 bits per heavy atom. The van der Waals surface area contributed by atoms with Crippen LogP contribution in [-0.2, 0) is 14.8 Å². The van der Waals surface area contributed by atoms with E-state index in [-0.39, 0.29) is 10.8 Å². The fourth-order valence-electron chi connectivity index (χ4n) is 2.81. The zero-order valence-corrected chi connectivity index (χ0v) is 16.0. The molecule has 0 aliphatic carbocycles. The molecular weight excluding hydrogens is 368 g/mol. The summed E-state index contributed by atoms with van der Waals surface area (Å²) in [5.74, 6) is 0.615. The van der Waals surface area contributed by atoms with Gasteiger partial charge in [-0.25, -0.2) is 8.42 Å². The predicted molar refractivity (Wildman–Crippen MR) is 103 cm³/mol. The van der Waals surface area contributed by atoms with Crippen molar-refractivity contribution in [1.82, 2.24) is 0 Å². The molecule has 3 rings (SSSR count). The Morgan fingerprint density at radius 2 is 2.00 bits per heavy atom. The molecule has 0 spiro atoms. The van der Waals surface area contributed by atoms with E-state index in [2.05, 4.69) is 10.0 Å². The first kappa shape index (κ1) is 19.0. The Bertz CT molecular complexity index is 943. The summed E-state index contributed by atoms with van der Waals surface area (Å²) in [6, 6.07) is 11.1. The second kappa shape index (κ2) is 7.87. The van der Waals surface area contributed by atoms with Gasteiger partial charge in [0.15, 0.2) is 6.10 Å². The SMILES string of the molecule is CCCC[C@@H]1Oc2ccc(S(=O)(=O)Nc3ccccc3OC)cc2NC1=O. The number of amides is 1. The molecule has 0 saturated heterocycles. The number of methoxy groups -OCH3 is 1. The van der Waals surface area contributed by atoms with Crippen molar-refractivity contribution in [2.45, 2.75) is 37.2 Å². The van der Waals surface area contributed by atoms with Crippen molar-refractivity contribution in [2.24, 2.45) is 0 Å². The van der Waals surface area contributed by atoms with Crippen LogP contribution in [0.25, 0.3) is 0 Å². The van der Waals surface area contributed by atoms with Crippen LogP contribution >= 0.6 is 0 Å². The number of sulfonamides is 1. The molecule has 7 nitrogen and oxygen atoms in total. The number of carbonyl (C=O) groups is 1. The molecule has 1 amide bonds. The molecular formula is C19H22N2O5S. The molecule has 2 aromatic rings. The third-order valence-corrected chi connectivity index (χ3v) is 5.62. The fourth-order valence-corrected chi connectivity index (χ4v) is 3.91. The van der Waals surface area contributed by atoms with Crippen LogP contribution in [0, 0.1) is 0 Å². The van der Waals surface area contributed by atoms with Crippen LogP contribution in [0.5, 0.6) is 11.5 Å². The van der Waals surface area contributed by atoms with Gasteiger partial charge in [-0.2, -0.15) is 0 Å². The Labute approximate surface area is 158 Å². The van der Waals surface area contributed by atoms with Gasteiger partial charge in [0.1, 0.15) is 11.5 Å². The summed E-state index contributed by atoms with van der Waals surface area (Å²) in [5.41, 5.74) is 0.674. The van der Waals surface area contributed by atoms with E-state index in [0.29, 0.717) is 29.3 Å². The number of benzene rings is 2. The maximum Gasteiger partial charge on any atom is 0.265 e. The second-order valence-electron chi connectivity index (χ2n) is 6.20. The molecule has 1 atom stereocenters. The van der Waals surface area contributed by atoms with Gasteiger partial charge in [0.2, 0.25) is 0 Å². The molecule has 1 aliphatic rings. The Kier molecular flexibility index (Phi) is 5.55. The average molecular weight is 390 g/mol. The fraction of sp³-hybridized carbons (Fsp3) is 0.316. The lowest BCUT2D eigenvalue weighted by atomic mass is 10.1. The standard InChI is InChI=1S/C19H22N2O5S/c1-3-4-8-18-19(22)20-15-12-13(10-11-17(15)26-18)27(23,24)21-14-7-5-6-9-16(14)25-2/h5-7,9-12,18,21H,3-4,8H2,1-2H3,(H,20,22)/t18-/m0/s1. The third-order valence-electron chi connectivity index (χ3n) is 4.25. The van der Waals surface area contributed by atoms with Gasteiger partial charge < -0.3 is 14.8 Å². The highest BCUT2D eigenvalue weighted by molar-refractivity contribution is 7.92. The number of para-hydroxylation sites is 2. The van der Waals surface area contributed by atoms with Crippen molar-refractivity contribution in [3.05, 3.63) is 42.5 Å². The smallest absolute Gasteiger partial charge is 0.265 e. The number of unbranched alkanes of at least 4 members (excludes halogenated alkanes) is 1. The molecule has 144 valence electrons. The Morgan fingerprint density at radius 3 is 2.74 bits per heavy atom. The van der Waals surface area contributed by atoms with Gasteiger partial charge in [-0.15, -0.1) is 0 Å². The summed E-state index contributed by atoms with van der Waals surface area (Å²) in [6.07, 6.45) is 1.91. The Balaban J connectivity index is 1.84. The molecule has 2 aromatic carbocycles. The molecule has 0 saturated carbocycles. The number of carbonyl (C=O) groups excluding carboxylic acids is 1. The summed E-state index contributed by atoms with van der Waals surface area (Å²) < 4.78 is 38.8. The highest BCUT2D eigenvalue weighted by Gasteiger charge is 2.28. The Hall–Kier alpha value is -2.74. The molecule has 1 heterocycles. The van der Waals surface area contributed by atoms with E-state index in [1.807, 2.05) is 6.92 Å². The van der Waals surface area contributed by atoms with Crippen LogP contribution in [-0.4, -0.2) is 27.5 Å². The quantitative estimate of drug-likeness (QED) is 0.756. The predicted octanol–water partition coefficient (Wildman–Crippen LogP) is 3.39. The minimum atomic E-state index is -3.86. The van der Waals surface area contributed by atoms with Gasteiger partial charge in [0, 0.05) is 0 Å². The van der Waals surface area contributed by atoms with Crippen LogP contribution in [0.2, 0.25) is 0 Å².